The fourth-order valence-electron chi connectivity index (χ4n) is 9.87. The van der Waals surface area contributed by atoms with E-state index in [2.05, 4.69) is 27.1 Å². The molecular weight excluding hydrogens is 1760 g/mol. The molecule has 120 heavy (non-hydrogen) atoms. The van der Waals surface area contributed by atoms with E-state index < -0.39 is 192 Å². The van der Waals surface area contributed by atoms with Gasteiger partial charge in [0.05, 0.1) is 165 Å². The van der Waals surface area contributed by atoms with E-state index in [1.807, 2.05) is 127 Å². The number of carbonyl (C=O) groups is 12. The van der Waals surface area contributed by atoms with E-state index in [9.17, 15) is 114 Å². The molecular formula is C60H120N6O48P6. The number of ether oxygens (including phenoxy) is 6. The van der Waals surface area contributed by atoms with E-state index in [4.69, 9.17) is 88.4 Å². The van der Waals surface area contributed by atoms with Crippen molar-refractivity contribution in [2.24, 2.45) is 0 Å². The third-order valence-electron chi connectivity index (χ3n) is 12.4. The molecule has 0 spiro atoms. The number of nitrogens with zero attached hydrogens (tertiary/aromatic N) is 6. The van der Waals surface area contributed by atoms with Gasteiger partial charge in [0.1, 0.15) is 75.9 Å². The molecule has 6 unspecified atom stereocenters. The van der Waals surface area contributed by atoms with Gasteiger partial charge in [-0.15, -0.1) is 0 Å². The number of likely N-dealkylation sites (N-methyl/N-ethyl adjacent to an activating group) is 6. The molecule has 0 amide bonds. The van der Waals surface area contributed by atoms with Gasteiger partial charge in [-0.2, -0.15) is 0 Å². The molecule has 0 aliphatic heterocycles. The highest BCUT2D eigenvalue weighted by molar-refractivity contribution is 7.46. The number of esters is 6. The molecule has 708 valence electrons. The SMILES string of the molecule is CC(=O)O[C@H](CC(=O)O)C[N+](C)(C)C.CC(=O)O[C@H](CC(=O)O)C[N+](C)(C)C.CC(=O)O[C@H](CC(=O)O)C[N+](C)(C)C.CC(=O)O[C@H](CC(=O)O)C[N+](C)(C)C.CC(=O)O[C@H](CC(=O)O)C[N+](C)(C)C.CC(=O)O[C@H](CC(=O)O)C[N+](C)(C)C.O=P([O-])(O)OC1C(OP(=O)([O-])O)C(OP(=O)([O-])O)C(OP(=O)([O-])O)C(OP(=O)([O-])O)C1OP(=O)([O-])O. The summed E-state index contributed by atoms with van der Waals surface area (Å²) in [5.41, 5.74) is 0. The second-order valence-electron chi connectivity index (χ2n) is 32.0. The molecule has 0 bridgehead atoms. The van der Waals surface area contributed by atoms with Crippen LogP contribution in [-0.2, 0) is 140 Å². The third kappa shape index (κ3) is 87.0. The number of phosphoric ester groups is 6. The van der Waals surface area contributed by atoms with Gasteiger partial charge in [-0.05, 0) is 0 Å². The maximum Gasteiger partial charge on any atom is 0.307 e. The molecule has 0 aromatic rings. The van der Waals surface area contributed by atoms with Crippen molar-refractivity contribution in [2.45, 2.75) is 153 Å². The molecule has 1 rings (SSSR count). The number of carboxylic acid groups (broad SMARTS) is 6. The molecule has 0 aromatic heterocycles. The first-order valence-corrected chi connectivity index (χ1v) is 43.3. The predicted octanol–water partition coefficient (Wildman–Crippen LogP) is -6.33. The zero-order chi connectivity index (χ0) is 96.8. The molecule has 0 saturated heterocycles. The van der Waals surface area contributed by atoms with Crippen molar-refractivity contribution >= 4 is 119 Å². The highest BCUT2D eigenvalue weighted by Gasteiger charge is 2.60. The summed E-state index contributed by atoms with van der Waals surface area (Å²) in [6, 6.07) is 0. The molecule has 60 heteroatoms. The highest BCUT2D eigenvalue weighted by Crippen LogP contribution is 2.54. The zero-order valence-electron chi connectivity index (χ0n) is 70.8. The minimum atomic E-state index is -6.35. The maximum atomic E-state index is 11.3. The second kappa shape index (κ2) is 54.1. The lowest BCUT2D eigenvalue weighted by Gasteiger charge is -2.52. The molecule has 1 aliphatic carbocycles. The summed E-state index contributed by atoms with van der Waals surface area (Å²) in [5.74, 6) is -8.36. The predicted molar refractivity (Wildman–Crippen MR) is 392 cm³/mol. The molecule has 1 aliphatic rings. The molecule has 0 heterocycles. The van der Waals surface area contributed by atoms with Crippen LogP contribution < -0.4 is 29.4 Å². The van der Waals surface area contributed by atoms with Gasteiger partial charge in [-0.25, -0.2) is 0 Å². The summed E-state index contributed by atoms with van der Waals surface area (Å²) >= 11 is 0. The van der Waals surface area contributed by atoms with Gasteiger partial charge < -0.3 is 172 Å². The Hall–Kier alpha value is -5.94. The Labute approximate surface area is 692 Å². The minimum absolute atomic E-state index is 0.144. The van der Waals surface area contributed by atoms with Crippen LogP contribution in [0.15, 0.2) is 0 Å². The Balaban J connectivity index is -0.000000332. The van der Waals surface area contributed by atoms with Gasteiger partial charge >= 0.3 is 71.6 Å². The average molecular weight is 1880 g/mol. The molecule has 12 N–H and O–H groups in total. The number of rotatable bonds is 42. The van der Waals surface area contributed by atoms with Crippen molar-refractivity contribution in [2.75, 3.05) is 166 Å². The molecule has 0 aromatic carbocycles. The van der Waals surface area contributed by atoms with Crippen LogP contribution in [0.1, 0.15) is 80.1 Å². The van der Waals surface area contributed by atoms with Crippen LogP contribution >= 0.6 is 46.9 Å². The van der Waals surface area contributed by atoms with E-state index in [0.717, 1.165) is 0 Å². The molecule has 1 fully saturated rings. The summed E-state index contributed by atoms with van der Waals surface area (Å²) in [4.78, 5) is 248. The lowest BCUT2D eigenvalue weighted by atomic mass is 9.85. The van der Waals surface area contributed by atoms with Crippen LogP contribution in [0, 0.1) is 0 Å². The molecule has 12 atom stereocenters. The van der Waals surface area contributed by atoms with Crippen molar-refractivity contribution in [3.63, 3.8) is 0 Å². The van der Waals surface area contributed by atoms with E-state index >= 15 is 0 Å². The minimum Gasteiger partial charge on any atom is -0.756 e. The smallest absolute Gasteiger partial charge is 0.307 e. The van der Waals surface area contributed by atoms with Crippen LogP contribution in [0.4, 0.5) is 0 Å². The van der Waals surface area contributed by atoms with Crippen molar-refractivity contribution in [1.29, 1.82) is 0 Å². The molecule has 0 radical (unpaired) electrons. The van der Waals surface area contributed by atoms with E-state index in [0.29, 0.717) is 66.2 Å². The van der Waals surface area contributed by atoms with Crippen molar-refractivity contribution < 1.29 is 257 Å². The van der Waals surface area contributed by atoms with E-state index in [-0.39, 0.29) is 38.5 Å². The quantitative estimate of drug-likeness (QED) is 0.0117. The molecule has 1 saturated carbocycles. The van der Waals surface area contributed by atoms with Gasteiger partial charge in [0.15, 0.2) is 36.6 Å². The number of hydrogen-bond donors (Lipinski definition) is 12. The van der Waals surface area contributed by atoms with E-state index in [1.165, 1.54) is 41.5 Å². The lowest BCUT2D eigenvalue weighted by molar-refractivity contribution is -0.873. The average Bonchev–Trinajstić information content (AvgIpc) is 0.743. The van der Waals surface area contributed by atoms with Crippen LogP contribution in [-0.4, -0.2) is 398 Å². The standard InChI is InChI=1S/6C9H17NO4.C6H18O24P6/c6*1-7(11)14-8(5-9(12)13)6-10(2,3)4;7-31(8,9)25-1-2(26-32(10,11)12)4(28-34(16,17)18)6(30-36(22,23)24)5(29-35(19,20)21)3(1)27-33(13,14)15/h6*8H,5-6H2,1-4H3;1-6H,(H2,7,8,9)(H2,10,11,12)(H2,13,14,15)(H2,16,17,18)(H2,19,20,21)(H2,22,23,24)/t6*8-;/m111111./s1. The van der Waals surface area contributed by atoms with Gasteiger partial charge in [-0.1, -0.05) is 0 Å². The summed E-state index contributed by atoms with van der Waals surface area (Å²) < 4.78 is 124. The number of hydrogen-bond acceptors (Lipinski definition) is 36. The summed E-state index contributed by atoms with van der Waals surface area (Å²) in [5, 5.41) is 51.6. The summed E-state index contributed by atoms with van der Waals surface area (Å²) in [6.07, 6.45) is -24.3. The van der Waals surface area contributed by atoms with Crippen molar-refractivity contribution in [1.82, 2.24) is 0 Å². The van der Waals surface area contributed by atoms with E-state index in [1.54, 1.807) is 0 Å². The highest BCUT2D eigenvalue weighted by atomic mass is 31.2. The first-order valence-electron chi connectivity index (χ1n) is 34.3. The largest absolute Gasteiger partial charge is 0.756 e. The van der Waals surface area contributed by atoms with Crippen molar-refractivity contribution in [3.8, 4) is 0 Å². The Morgan fingerprint density at radius 2 is 0.317 bits per heavy atom. The lowest BCUT2D eigenvalue weighted by Crippen LogP contribution is -2.67. The summed E-state index contributed by atoms with van der Waals surface area (Å²) in [7, 11) is -3.63. The van der Waals surface area contributed by atoms with Crippen LogP contribution in [0.3, 0.4) is 0 Å². The van der Waals surface area contributed by atoms with Gasteiger partial charge in [0.2, 0.25) is 0 Å². The fraction of sp³-hybridized carbons (Fsp3) is 0.800. The van der Waals surface area contributed by atoms with Crippen LogP contribution in [0.2, 0.25) is 0 Å². The number of phosphoric acid groups is 6. The first-order chi connectivity index (χ1) is 52.8. The Morgan fingerprint density at radius 1 is 0.233 bits per heavy atom. The Kier molecular flexibility index (Phi) is 56.2. The normalized spacial score (nSPS) is 20.6. The monoisotopic (exact) mass is 1880 g/mol. The first kappa shape index (κ1) is 125. The molecule has 54 nitrogen and oxygen atoms in total. The number of aliphatic carboxylic acids is 6. The van der Waals surface area contributed by atoms with Crippen molar-refractivity contribution in [3.05, 3.63) is 0 Å². The van der Waals surface area contributed by atoms with Gasteiger partial charge in [0, 0.05) is 41.5 Å². The third-order valence-corrected chi connectivity index (χ3v) is 15.4. The summed E-state index contributed by atoms with van der Waals surface area (Å²) in [6.45, 7) is 10.6. The Bertz CT molecular complexity index is 2870. The number of carboxylic acids is 6. The van der Waals surface area contributed by atoms with Crippen LogP contribution in [0.25, 0.3) is 0 Å². The second-order valence-corrected chi connectivity index (χ2v) is 38.9. The van der Waals surface area contributed by atoms with Gasteiger partial charge in [0.25, 0.3) is 46.9 Å². The number of quaternary nitrogens is 6. The maximum absolute atomic E-state index is 11.3. The van der Waals surface area contributed by atoms with Gasteiger partial charge in [-0.3, -0.25) is 84.9 Å². The fourth-order valence-corrected chi connectivity index (χ4v) is 13.2. The van der Waals surface area contributed by atoms with Crippen LogP contribution in [0.5, 0.6) is 0 Å². The number of carbonyl (C=O) groups excluding carboxylic acids is 6. The Morgan fingerprint density at radius 3 is 0.367 bits per heavy atom. The topological polar surface area (TPSA) is 799 Å². The zero-order valence-corrected chi connectivity index (χ0v) is 76.2.